The van der Waals surface area contributed by atoms with E-state index in [9.17, 15) is 9.59 Å². The second-order valence-corrected chi connectivity index (χ2v) is 6.34. The number of esters is 1. The van der Waals surface area contributed by atoms with Gasteiger partial charge in [-0.2, -0.15) is 0 Å². The number of methoxy groups -OCH3 is 1. The first kappa shape index (κ1) is 17.2. The Morgan fingerprint density at radius 2 is 1.84 bits per heavy atom. The van der Waals surface area contributed by atoms with Crippen LogP contribution in [0, 0.1) is 6.92 Å². The van der Waals surface area contributed by atoms with Gasteiger partial charge in [-0.1, -0.05) is 28.1 Å². The number of fused-ring (bicyclic) bond motifs is 1. The molecule has 0 unspecified atom stereocenters. The molecule has 1 heterocycles. The number of carbonyl (C=O) groups is 2. The topological polar surface area (TPSA) is 65.7 Å². The molecule has 0 atom stereocenters. The monoisotopic (exact) mass is 402 g/mol. The van der Waals surface area contributed by atoms with E-state index < -0.39 is 5.97 Å². The third kappa shape index (κ3) is 3.58. The molecule has 0 radical (unpaired) electrons. The van der Waals surface area contributed by atoms with E-state index in [1.165, 1.54) is 0 Å². The van der Waals surface area contributed by atoms with E-state index in [4.69, 9.17) is 13.9 Å². The molecular weight excluding hydrogens is 388 g/mol. The van der Waals surface area contributed by atoms with Crippen molar-refractivity contribution >= 4 is 38.7 Å². The van der Waals surface area contributed by atoms with Crippen molar-refractivity contribution in [2.45, 2.75) is 6.92 Å². The van der Waals surface area contributed by atoms with Crippen molar-refractivity contribution in [2.75, 3.05) is 13.7 Å². The van der Waals surface area contributed by atoms with Gasteiger partial charge in [0.1, 0.15) is 11.3 Å². The summed E-state index contributed by atoms with van der Waals surface area (Å²) in [5.74, 6) is -0.192. The Morgan fingerprint density at radius 1 is 1.12 bits per heavy atom. The van der Waals surface area contributed by atoms with Crippen molar-refractivity contribution in [3.63, 3.8) is 0 Å². The summed E-state index contributed by atoms with van der Waals surface area (Å²) >= 11 is 3.30. The number of benzene rings is 2. The Morgan fingerprint density at radius 3 is 2.52 bits per heavy atom. The Bertz CT molecular complexity index is 940. The van der Waals surface area contributed by atoms with E-state index >= 15 is 0 Å². The minimum Gasteiger partial charge on any atom is -0.497 e. The second kappa shape index (κ2) is 7.11. The zero-order chi connectivity index (χ0) is 18.0. The SMILES string of the molecule is COc1ccc2oc(C(=O)OCC(=O)c3ccc(Br)cc3)c(C)c2c1. The molecule has 1 aromatic heterocycles. The van der Waals surface area contributed by atoms with Crippen molar-refractivity contribution in [2.24, 2.45) is 0 Å². The van der Waals surface area contributed by atoms with Crippen LogP contribution in [0.4, 0.5) is 0 Å². The number of furan rings is 1. The summed E-state index contributed by atoms with van der Waals surface area (Å²) in [6, 6.07) is 12.1. The number of aryl methyl sites for hydroxylation is 1. The largest absolute Gasteiger partial charge is 0.497 e. The van der Waals surface area contributed by atoms with Gasteiger partial charge in [-0.3, -0.25) is 4.79 Å². The first-order valence-corrected chi connectivity index (χ1v) is 8.32. The van der Waals surface area contributed by atoms with Crippen LogP contribution in [0.3, 0.4) is 0 Å². The molecule has 0 N–H and O–H groups in total. The fourth-order valence-electron chi connectivity index (χ4n) is 2.44. The number of hydrogen-bond acceptors (Lipinski definition) is 5. The van der Waals surface area contributed by atoms with Gasteiger partial charge in [-0.05, 0) is 37.3 Å². The molecule has 0 aliphatic carbocycles. The third-order valence-electron chi connectivity index (χ3n) is 3.83. The van der Waals surface area contributed by atoms with Gasteiger partial charge < -0.3 is 13.9 Å². The highest BCUT2D eigenvalue weighted by atomic mass is 79.9. The van der Waals surface area contributed by atoms with Crippen LogP contribution in [0.1, 0.15) is 26.5 Å². The lowest BCUT2D eigenvalue weighted by molar-refractivity contribution is 0.0445. The molecule has 0 spiro atoms. The van der Waals surface area contributed by atoms with Gasteiger partial charge >= 0.3 is 5.97 Å². The molecule has 3 rings (SSSR count). The lowest BCUT2D eigenvalue weighted by Gasteiger charge is -2.03. The smallest absolute Gasteiger partial charge is 0.375 e. The first-order chi connectivity index (χ1) is 12.0. The average Bonchev–Trinajstić information content (AvgIpc) is 2.96. The minimum absolute atomic E-state index is 0.0897. The Hall–Kier alpha value is -2.60. The van der Waals surface area contributed by atoms with Crippen molar-refractivity contribution in [3.8, 4) is 5.75 Å². The highest BCUT2D eigenvalue weighted by Gasteiger charge is 2.20. The molecule has 0 bridgehead atoms. The average molecular weight is 403 g/mol. The molecular formula is C19H15BrO5. The molecule has 5 nitrogen and oxygen atoms in total. The van der Waals surface area contributed by atoms with Crippen LogP contribution >= 0.6 is 15.9 Å². The van der Waals surface area contributed by atoms with Gasteiger partial charge in [0.25, 0.3) is 0 Å². The number of ketones is 1. The minimum atomic E-state index is -0.668. The molecule has 6 heteroatoms. The maximum absolute atomic E-state index is 12.3. The molecule has 25 heavy (non-hydrogen) atoms. The fraction of sp³-hybridized carbons (Fsp3) is 0.158. The highest BCUT2D eigenvalue weighted by Crippen LogP contribution is 2.29. The van der Waals surface area contributed by atoms with E-state index in [0.29, 0.717) is 22.5 Å². The summed E-state index contributed by atoms with van der Waals surface area (Å²) in [5.41, 5.74) is 1.68. The molecule has 3 aromatic rings. The van der Waals surface area contributed by atoms with E-state index in [-0.39, 0.29) is 18.2 Å². The predicted octanol–water partition coefficient (Wildman–Crippen LogP) is 4.55. The zero-order valence-electron chi connectivity index (χ0n) is 13.7. The van der Waals surface area contributed by atoms with Gasteiger partial charge in [0.05, 0.1) is 7.11 Å². The van der Waals surface area contributed by atoms with Gasteiger partial charge in [0.2, 0.25) is 5.76 Å². The highest BCUT2D eigenvalue weighted by molar-refractivity contribution is 9.10. The molecule has 2 aromatic carbocycles. The normalized spacial score (nSPS) is 10.7. The Balaban J connectivity index is 1.75. The summed E-state index contributed by atoms with van der Waals surface area (Å²) in [6.07, 6.45) is 0. The molecule has 0 aliphatic heterocycles. The predicted molar refractivity (Wildman–Crippen MR) is 96.3 cm³/mol. The van der Waals surface area contributed by atoms with Crippen molar-refractivity contribution in [1.82, 2.24) is 0 Å². The standard InChI is InChI=1S/C19H15BrO5/c1-11-15-9-14(23-2)7-8-17(15)25-18(11)19(22)24-10-16(21)12-3-5-13(20)6-4-12/h3-9H,10H2,1-2H3. The molecule has 128 valence electrons. The first-order valence-electron chi connectivity index (χ1n) is 7.52. The number of Topliss-reactive ketones (excluding diaryl/α,β-unsaturated/α-hetero) is 1. The van der Waals surface area contributed by atoms with E-state index in [1.807, 2.05) is 0 Å². The number of ether oxygens (including phenoxy) is 2. The molecule has 0 aliphatic rings. The van der Waals surface area contributed by atoms with E-state index in [1.54, 1.807) is 56.5 Å². The van der Waals surface area contributed by atoms with Crippen molar-refractivity contribution in [3.05, 3.63) is 63.8 Å². The summed E-state index contributed by atoms with van der Waals surface area (Å²) in [4.78, 5) is 24.4. The van der Waals surface area contributed by atoms with Gasteiger partial charge in [-0.15, -0.1) is 0 Å². The molecule has 0 saturated heterocycles. The summed E-state index contributed by atoms with van der Waals surface area (Å²) in [6.45, 7) is 1.42. The van der Waals surface area contributed by atoms with Gasteiger partial charge in [0.15, 0.2) is 12.4 Å². The van der Waals surface area contributed by atoms with Crippen LogP contribution in [0.5, 0.6) is 5.75 Å². The van der Waals surface area contributed by atoms with Crippen molar-refractivity contribution in [1.29, 1.82) is 0 Å². The number of halogens is 1. The summed E-state index contributed by atoms with van der Waals surface area (Å²) < 4.78 is 16.7. The van der Waals surface area contributed by atoms with Gasteiger partial charge in [-0.25, -0.2) is 4.79 Å². The second-order valence-electron chi connectivity index (χ2n) is 5.42. The molecule has 0 fully saturated rings. The van der Waals surface area contributed by atoms with E-state index in [0.717, 1.165) is 9.86 Å². The van der Waals surface area contributed by atoms with Crippen LogP contribution in [0.25, 0.3) is 11.0 Å². The third-order valence-corrected chi connectivity index (χ3v) is 4.36. The Kier molecular flexibility index (Phi) is 4.90. The summed E-state index contributed by atoms with van der Waals surface area (Å²) in [7, 11) is 1.57. The van der Waals surface area contributed by atoms with Crippen LogP contribution in [-0.2, 0) is 4.74 Å². The zero-order valence-corrected chi connectivity index (χ0v) is 15.3. The molecule has 0 saturated carbocycles. The van der Waals surface area contributed by atoms with E-state index in [2.05, 4.69) is 15.9 Å². The van der Waals surface area contributed by atoms with Crippen LogP contribution < -0.4 is 4.74 Å². The number of carbonyl (C=O) groups excluding carboxylic acids is 2. The van der Waals surface area contributed by atoms with Crippen molar-refractivity contribution < 1.29 is 23.5 Å². The maximum Gasteiger partial charge on any atom is 0.375 e. The molecule has 0 amide bonds. The quantitative estimate of drug-likeness (QED) is 0.462. The Labute approximate surface area is 152 Å². The lowest BCUT2D eigenvalue weighted by Crippen LogP contribution is -2.14. The van der Waals surface area contributed by atoms with Gasteiger partial charge in [0, 0.05) is 21.0 Å². The lowest BCUT2D eigenvalue weighted by atomic mass is 10.1. The van der Waals surface area contributed by atoms with Crippen LogP contribution in [-0.4, -0.2) is 25.5 Å². The summed E-state index contributed by atoms with van der Waals surface area (Å²) in [5, 5.41) is 0.769. The fourth-order valence-corrected chi connectivity index (χ4v) is 2.70. The van der Waals surface area contributed by atoms with Crippen LogP contribution in [0.15, 0.2) is 51.4 Å². The number of rotatable bonds is 5. The van der Waals surface area contributed by atoms with Crippen LogP contribution in [0.2, 0.25) is 0 Å². The maximum atomic E-state index is 12.3. The number of hydrogen-bond donors (Lipinski definition) is 0.